The molecule has 0 aromatic heterocycles. The fraction of sp³-hybridized carbons (Fsp3) is 0.786. The maximum Gasteiger partial charge on any atom is 0.198 e. The summed E-state index contributed by atoms with van der Waals surface area (Å²) in [5.74, 6) is 1.13. The van der Waals surface area contributed by atoms with Crippen molar-refractivity contribution in [2.24, 2.45) is 17.3 Å². The molecule has 0 aliphatic heterocycles. The Hall–Kier alpha value is -0.830. The number of Topliss-reactive ketones (excluding diaryl/α,β-unsaturated/α-hetero) is 1. The minimum atomic E-state index is -0.603. The van der Waals surface area contributed by atoms with Crippen molar-refractivity contribution in [2.45, 2.75) is 45.1 Å². The molecular weight excluding hydrogens is 216 g/mol. The molecule has 2 fully saturated rings. The van der Waals surface area contributed by atoms with E-state index in [9.17, 15) is 9.90 Å². The molecule has 4 atom stereocenters. The van der Waals surface area contributed by atoms with E-state index in [2.05, 4.69) is 13.8 Å². The third-order valence-corrected chi connectivity index (χ3v) is 5.27. The third kappa shape index (κ3) is 1.18. The summed E-state index contributed by atoms with van der Waals surface area (Å²) >= 11 is 0. The van der Waals surface area contributed by atoms with Gasteiger partial charge in [-0.3, -0.25) is 4.79 Å². The first kappa shape index (κ1) is 11.3. The van der Waals surface area contributed by atoms with Gasteiger partial charge in [0.2, 0.25) is 0 Å². The van der Waals surface area contributed by atoms with Crippen LogP contribution in [0.2, 0.25) is 0 Å². The molecule has 0 saturated heterocycles. The molecule has 3 rings (SSSR count). The highest BCUT2D eigenvalue weighted by molar-refractivity contribution is 5.98. The molecule has 0 bridgehead atoms. The van der Waals surface area contributed by atoms with Crippen LogP contribution in [-0.2, 0) is 9.53 Å². The molecular formula is C14H20O3. The summed E-state index contributed by atoms with van der Waals surface area (Å²) in [7, 11) is 1.57. The molecule has 3 heteroatoms. The quantitative estimate of drug-likeness (QED) is 0.758. The molecule has 0 aromatic rings. The van der Waals surface area contributed by atoms with Crippen molar-refractivity contribution in [3.8, 4) is 0 Å². The maximum atomic E-state index is 11.9. The van der Waals surface area contributed by atoms with Crippen LogP contribution >= 0.6 is 0 Å². The Labute approximate surface area is 102 Å². The molecule has 3 nitrogen and oxygen atoms in total. The van der Waals surface area contributed by atoms with Crippen LogP contribution in [0.1, 0.15) is 39.5 Å². The normalized spacial score (nSPS) is 48.6. The highest BCUT2D eigenvalue weighted by atomic mass is 16.5. The lowest BCUT2D eigenvalue weighted by Gasteiger charge is -2.29. The Balaban J connectivity index is 2.14. The van der Waals surface area contributed by atoms with Crippen molar-refractivity contribution in [2.75, 3.05) is 7.11 Å². The molecule has 0 radical (unpaired) electrons. The highest BCUT2D eigenvalue weighted by Gasteiger charge is 2.64. The Kier molecular flexibility index (Phi) is 2.08. The van der Waals surface area contributed by atoms with Crippen LogP contribution in [-0.4, -0.2) is 23.6 Å². The van der Waals surface area contributed by atoms with Crippen LogP contribution < -0.4 is 0 Å². The number of ether oxygens (including phenoxy) is 1. The Morgan fingerprint density at radius 3 is 2.76 bits per heavy atom. The van der Waals surface area contributed by atoms with Gasteiger partial charge in [-0.15, -0.1) is 0 Å². The van der Waals surface area contributed by atoms with E-state index >= 15 is 0 Å². The standard InChI is InChI=1S/C14H20O3/c1-8-4-5-9-11-12(17-3)10(15)6-13(11,2)7-14(8,9)16/h8-9,16H,4-7H2,1-3H3/t8-,9-,13+,14+/m1/s1. The van der Waals surface area contributed by atoms with Crippen molar-refractivity contribution in [1.82, 2.24) is 0 Å². The van der Waals surface area contributed by atoms with E-state index in [0.717, 1.165) is 24.8 Å². The zero-order valence-corrected chi connectivity index (χ0v) is 10.7. The molecule has 0 heterocycles. The number of aliphatic hydroxyl groups is 1. The number of hydrogen-bond donors (Lipinski definition) is 1. The van der Waals surface area contributed by atoms with Crippen LogP contribution in [0, 0.1) is 17.3 Å². The van der Waals surface area contributed by atoms with Crippen LogP contribution in [0.25, 0.3) is 0 Å². The third-order valence-electron chi connectivity index (χ3n) is 5.27. The van der Waals surface area contributed by atoms with E-state index in [1.807, 2.05) is 0 Å². The summed E-state index contributed by atoms with van der Waals surface area (Å²) in [6.45, 7) is 4.23. The van der Waals surface area contributed by atoms with Gasteiger partial charge in [-0.1, -0.05) is 13.8 Å². The van der Waals surface area contributed by atoms with E-state index < -0.39 is 5.60 Å². The lowest BCUT2D eigenvalue weighted by atomic mass is 9.80. The van der Waals surface area contributed by atoms with Crippen LogP contribution in [0.15, 0.2) is 11.3 Å². The van der Waals surface area contributed by atoms with E-state index in [1.54, 1.807) is 7.11 Å². The summed E-state index contributed by atoms with van der Waals surface area (Å²) in [5, 5.41) is 10.9. The van der Waals surface area contributed by atoms with Crippen molar-refractivity contribution in [1.29, 1.82) is 0 Å². The summed E-state index contributed by atoms with van der Waals surface area (Å²) in [6.07, 6.45) is 3.27. The Bertz CT molecular complexity index is 425. The summed E-state index contributed by atoms with van der Waals surface area (Å²) in [6, 6.07) is 0. The molecule has 0 aromatic carbocycles. The highest BCUT2D eigenvalue weighted by Crippen LogP contribution is 2.65. The summed E-state index contributed by atoms with van der Waals surface area (Å²) in [4.78, 5) is 11.9. The molecule has 2 saturated carbocycles. The van der Waals surface area contributed by atoms with Crippen LogP contribution in [0.5, 0.6) is 0 Å². The number of carbonyl (C=O) groups is 1. The first-order chi connectivity index (χ1) is 7.92. The van der Waals surface area contributed by atoms with Gasteiger partial charge in [0.05, 0.1) is 12.7 Å². The average molecular weight is 236 g/mol. The molecule has 0 unspecified atom stereocenters. The van der Waals surface area contributed by atoms with Gasteiger partial charge in [-0.05, 0) is 30.8 Å². The van der Waals surface area contributed by atoms with Crippen LogP contribution in [0.3, 0.4) is 0 Å². The Morgan fingerprint density at radius 1 is 1.41 bits per heavy atom. The molecule has 1 N–H and O–H groups in total. The fourth-order valence-electron chi connectivity index (χ4n) is 4.49. The predicted octanol–water partition coefficient (Wildman–Crippen LogP) is 2.05. The van der Waals surface area contributed by atoms with Gasteiger partial charge in [0.1, 0.15) is 0 Å². The number of hydrogen-bond acceptors (Lipinski definition) is 3. The minimum Gasteiger partial charge on any atom is -0.493 e. The molecule has 3 aliphatic carbocycles. The number of methoxy groups -OCH3 is 1. The van der Waals surface area contributed by atoms with Crippen molar-refractivity contribution < 1.29 is 14.6 Å². The second-order valence-electron chi connectivity index (χ2n) is 6.31. The maximum absolute atomic E-state index is 11.9. The van der Waals surface area contributed by atoms with Crippen LogP contribution in [0.4, 0.5) is 0 Å². The van der Waals surface area contributed by atoms with Gasteiger partial charge in [0.25, 0.3) is 0 Å². The second kappa shape index (κ2) is 3.14. The van der Waals surface area contributed by atoms with E-state index in [0.29, 0.717) is 18.1 Å². The molecule has 17 heavy (non-hydrogen) atoms. The van der Waals surface area contributed by atoms with Gasteiger partial charge in [0, 0.05) is 17.8 Å². The average Bonchev–Trinajstić information content (AvgIpc) is 2.71. The number of allylic oxidation sites excluding steroid dienone is 1. The minimum absolute atomic E-state index is 0.117. The van der Waals surface area contributed by atoms with Crippen molar-refractivity contribution >= 4 is 5.78 Å². The van der Waals surface area contributed by atoms with Crippen molar-refractivity contribution in [3.63, 3.8) is 0 Å². The molecule has 0 amide bonds. The van der Waals surface area contributed by atoms with Gasteiger partial charge in [-0.25, -0.2) is 0 Å². The van der Waals surface area contributed by atoms with Gasteiger partial charge in [0.15, 0.2) is 11.5 Å². The molecule has 94 valence electrons. The van der Waals surface area contributed by atoms with Crippen molar-refractivity contribution in [3.05, 3.63) is 11.3 Å². The van der Waals surface area contributed by atoms with Gasteiger partial charge >= 0.3 is 0 Å². The lowest BCUT2D eigenvalue weighted by Crippen LogP contribution is -2.35. The smallest absolute Gasteiger partial charge is 0.198 e. The second-order valence-corrected chi connectivity index (χ2v) is 6.31. The first-order valence-electron chi connectivity index (χ1n) is 6.46. The lowest BCUT2D eigenvalue weighted by molar-refractivity contribution is -0.119. The fourth-order valence-corrected chi connectivity index (χ4v) is 4.49. The number of rotatable bonds is 1. The van der Waals surface area contributed by atoms with E-state index in [1.165, 1.54) is 0 Å². The predicted molar refractivity (Wildman–Crippen MR) is 63.2 cm³/mol. The Morgan fingerprint density at radius 2 is 2.12 bits per heavy atom. The topological polar surface area (TPSA) is 46.5 Å². The zero-order valence-electron chi connectivity index (χ0n) is 10.7. The first-order valence-corrected chi connectivity index (χ1v) is 6.46. The number of fused-ring (bicyclic) bond motifs is 3. The zero-order chi connectivity index (χ0) is 12.4. The van der Waals surface area contributed by atoms with Gasteiger partial charge < -0.3 is 9.84 Å². The summed E-state index contributed by atoms with van der Waals surface area (Å²) < 4.78 is 5.31. The summed E-state index contributed by atoms with van der Waals surface area (Å²) in [5.41, 5.74) is 0.349. The monoisotopic (exact) mass is 236 g/mol. The number of ketones is 1. The largest absolute Gasteiger partial charge is 0.493 e. The molecule has 0 spiro atoms. The van der Waals surface area contributed by atoms with E-state index in [4.69, 9.17) is 4.74 Å². The SMILES string of the molecule is COC1=C2[C@H]3CC[C@@H](C)[C@@]3(O)C[C@]2(C)CC1=O. The number of carbonyl (C=O) groups excluding carboxylic acids is 1. The molecule has 3 aliphatic rings. The van der Waals surface area contributed by atoms with Gasteiger partial charge in [-0.2, -0.15) is 0 Å². The van der Waals surface area contributed by atoms with E-state index in [-0.39, 0.29) is 17.1 Å².